The maximum absolute atomic E-state index is 8.43. The Labute approximate surface area is 103 Å². The maximum atomic E-state index is 8.43. The summed E-state index contributed by atoms with van der Waals surface area (Å²) < 4.78 is 0. The minimum absolute atomic E-state index is 0. The third-order valence-corrected chi connectivity index (χ3v) is 2.02. The molecule has 0 saturated carbocycles. The molecule has 0 bridgehead atoms. The normalized spacial score (nSPS) is 9.92. The van der Waals surface area contributed by atoms with Crippen molar-refractivity contribution in [1.82, 2.24) is 0 Å². The molecule has 0 fully saturated rings. The zero-order valence-electron chi connectivity index (χ0n) is 6.14. The van der Waals surface area contributed by atoms with Crippen molar-refractivity contribution in [3.63, 3.8) is 0 Å². The van der Waals surface area contributed by atoms with Gasteiger partial charge in [-0.15, -0.1) is 0 Å². The van der Waals surface area contributed by atoms with Crippen LogP contribution < -0.4 is 0 Å². The van der Waals surface area contributed by atoms with Gasteiger partial charge in [0, 0.05) is 4.90 Å². The molecule has 0 saturated heterocycles. The van der Waals surface area contributed by atoms with Gasteiger partial charge in [-0.3, -0.25) is 0 Å². The number of hydrogen-bond acceptors (Lipinski definition) is 4. The Balaban J connectivity index is 0.00000144. The van der Waals surface area contributed by atoms with E-state index in [0.29, 0.717) is 0 Å². The van der Waals surface area contributed by atoms with E-state index in [0.717, 1.165) is 16.7 Å². The van der Waals surface area contributed by atoms with Crippen LogP contribution in [0.2, 0.25) is 0 Å². The van der Waals surface area contributed by atoms with Gasteiger partial charge >= 0.3 is 29.6 Å². The molecule has 0 heterocycles. The molecular formula is C8H7N2NaOS. The third kappa shape index (κ3) is 4.34. The van der Waals surface area contributed by atoms with Crippen molar-refractivity contribution in [2.24, 2.45) is 5.16 Å². The second kappa shape index (κ2) is 6.98. The first kappa shape index (κ1) is 12.5. The van der Waals surface area contributed by atoms with Crippen LogP contribution in [0, 0.1) is 11.3 Å². The summed E-state index contributed by atoms with van der Waals surface area (Å²) >= 11 is 1.13. The molecule has 3 nitrogen and oxygen atoms in total. The van der Waals surface area contributed by atoms with E-state index >= 15 is 0 Å². The minimum atomic E-state index is 0. The number of nitriles is 1. The summed E-state index contributed by atoms with van der Waals surface area (Å²) in [6.07, 6.45) is 0. The van der Waals surface area contributed by atoms with Crippen molar-refractivity contribution in [3.8, 4) is 6.07 Å². The molecule has 0 aliphatic carbocycles. The van der Waals surface area contributed by atoms with Crippen molar-refractivity contribution in [1.29, 1.82) is 5.26 Å². The molecule has 0 unspecified atom stereocenters. The van der Waals surface area contributed by atoms with Gasteiger partial charge < -0.3 is 5.21 Å². The fourth-order valence-electron chi connectivity index (χ4n) is 0.666. The molecule has 0 atom stereocenters. The summed E-state index contributed by atoms with van der Waals surface area (Å²) in [5.74, 6) is 0. The Morgan fingerprint density at radius 1 is 1.38 bits per heavy atom. The number of benzene rings is 1. The second-order valence-corrected chi connectivity index (χ2v) is 2.99. The molecular weight excluding hydrogens is 195 g/mol. The zero-order chi connectivity index (χ0) is 8.81. The van der Waals surface area contributed by atoms with Crippen molar-refractivity contribution >= 4 is 46.4 Å². The topological polar surface area (TPSA) is 56.4 Å². The SMILES string of the molecule is N#CC(=NO)Sc1ccccc1.[NaH]. The molecule has 0 spiro atoms. The van der Waals surface area contributed by atoms with E-state index in [1.165, 1.54) is 0 Å². The molecule has 13 heavy (non-hydrogen) atoms. The number of oxime groups is 1. The monoisotopic (exact) mass is 202 g/mol. The molecule has 1 rings (SSSR count). The Kier molecular flexibility index (Phi) is 6.73. The Hall–Kier alpha value is -0.470. The van der Waals surface area contributed by atoms with Gasteiger partial charge in [0.05, 0.1) is 0 Å². The van der Waals surface area contributed by atoms with Crippen molar-refractivity contribution in [2.45, 2.75) is 4.90 Å². The standard InChI is InChI=1S/C8H6N2OS.Na.H/c9-6-8(10-11)12-7-4-2-1-3-5-7;;/h1-5,11H;;. The summed E-state index contributed by atoms with van der Waals surface area (Å²) in [6, 6.07) is 11.0. The fourth-order valence-corrected chi connectivity index (χ4v) is 1.27. The molecule has 5 heteroatoms. The summed E-state index contributed by atoms with van der Waals surface area (Å²) in [4.78, 5) is 0.881. The average Bonchev–Trinajstić information content (AvgIpc) is 2.16. The summed E-state index contributed by atoms with van der Waals surface area (Å²) in [5, 5.41) is 19.6. The van der Waals surface area contributed by atoms with Gasteiger partial charge in [0.2, 0.25) is 5.04 Å². The Morgan fingerprint density at radius 3 is 2.46 bits per heavy atom. The third-order valence-electron chi connectivity index (χ3n) is 1.14. The summed E-state index contributed by atoms with van der Waals surface area (Å²) in [6.45, 7) is 0. The van der Waals surface area contributed by atoms with Crippen molar-refractivity contribution < 1.29 is 5.21 Å². The van der Waals surface area contributed by atoms with Gasteiger partial charge in [0.25, 0.3) is 0 Å². The van der Waals surface area contributed by atoms with Gasteiger partial charge in [-0.2, -0.15) is 5.26 Å². The van der Waals surface area contributed by atoms with Crippen molar-refractivity contribution in [3.05, 3.63) is 30.3 Å². The van der Waals surface area contributed by atoms with E-state index in [4.69, 9.17) is 10.5 Å². The number of rotatable bonds is 1. The van der Waals surface area contributed by atoms with Crippen molar-refractivity contribution in [2.75, 3.05) is 0 Å². The van der Waals surface area contributed by atoms with E-state index in [-0.39, 0.29) is 34.6 Å². The first-order chi connectivity index (χ1) is 5.86. The molecule has 62 valence electrons. The van der Waals surface area contributed by atoms with Gasteiger partial charge in [0.15, 0.2) is 0 Å². The first-order valence-corrected chi connectivity index (χ1v) is 4.03. The quantitative estimate of drug-likeness (QED) is 0.187. The van der Waals surface area contributed by atoms with Crippen LogP contribution in [0.15, 0.2) is 40.4 Å². The van der Waals surface area contributed by atoms with E-state index in [1.807, 2.05) is 30.3 Å². The van der Waals surface area contributed by atoms with Crippen LogP contribution in [0.5, 0.6) is 0 Å². The predicted molar refractivity (Wildman–Crippen MR) is 54.3 cm³/mol. The van der Waals surface area contributed by atoms with Crippen LogP contribution in [0.3, 0.4) is 0 Å². The molecule has 0 radical (unpaired) electrons. The van der Waals surface area contributed by atoms with Gasteiger partial charge in [-0.25, -0.2) is 0 Å². The zero-order valence-corrected chi connectivity index (χ0v) is 6.95. The van der Waals surface area contributed by atoms with Crippen LogP contribution in [0.25, 0.3) is 0 Å². The van der Waals surface area contributed by atoms with E-state index < -0.39 is 0 Å². The van der Waals surface area contributed by atoms with Gasteiger partial charge in [-0.05, 0) is 12.1 Å². The molecule has 1 aromatic rings. The molecule has 0 aromatic heterocycles. The molecule has 0 amide bonds. The average molecular weight is 202 g/mol. The Bertz CT molecular complexity index is 321. The van der Waals surface area contributed by atoms with Gasteiger partial charge in [-0.1, -0.05) is 35.1 Å². The van der Waals surface area contributed by atoms with Crippen LogP contribution in [-0.2, 0) is 0 Å². The molecule has 1 N–H and O–H groups in total. The first-order valence-electron chi connectivity index (χ1n) is 3.22. The predicted octanol–water partition coefficient (Wildman–Crippen LogP) is 1.44. The second-order valence-electron chi connectivity index (χ2n) is 1.93. The fraction of sp³-hybridized carbons (Fsp3) is 0. The Morgan fingerprint density at radius 2 is 2.00 bits per heavy atom. The number of thioether (sulfide) groups is 1. The van der Waals surface area contributed by atoms with Gasteiger partial charge in [0.1, 0.15) is 6.07 Å². The van der Waals surface area contributed by atoms with Crippen LogP contribution >= 0.6 is 11.8 Å². The number of hydrogen-bond donors (Lipinski definition) is 1. The van der Waals surface area contributed by atoms with E-state index in [1.54, 1.807) is 6.07 Å². The van der Waals surface area contributed by atoms with Crippen LogP contribution in [-0.4, -0.2) is 39.8 Å². The van der Waals surface area contributed by atoms with Crippen LogP contribution in [0.1, 0.15) is 0 Å². The van der Waals surface area contributed by atoms with Crippen LogP contribution in [0.4, 0.5) is 0 Å². The summed E-state index contributed by atoms with van der Waals surface area (Å²) in [7, 11) is 0. The molecule has 1 aromatic carbocycles. The summed E-state index contributed by atoms with van der Waals surface area (Å²) in [5.41, 5.74) is 0. The van der Waals surface area contributed by atoms with E-state index in [2.05, 4.69) is 5.16 Å². The van der Waals surface area contributed by atoms with E-state index in [9.17, 15) is 0 Å². The number of nitrogens with zero attached hydrogens (tertiary/aromatic N) is 2. The molecule has 0 aliphatic heterocycles. The molecule has 0 aliphatic rings.